The van der Waals surface area contributed by atoms with Crippen LogP contribution in [0.1, 0.15) is 19.3 Å². The molecule has 3 aliphatic heterocycles. The van der Waals surface area contributed by atoms with Crippen molar-refractivity contribution in [1.82, 2.24) is 4.90 Å². The Morgan fingerprint density at radius 2 is 2.07 bits per heavy atom. The van der Waals surface area contributed by atoms with Crippen molar-refractivity contribution in [3.63, 3.8) is 0 Å². The van der Waals surface area contributed by atoms with Crippen molar-refractivity contribution in [1.29, 1.82) is 0 Å². The van der Waals surface area contributed by atoms with Gasteiger partial charge in [-0.15, -0.1) is 0 Å². The van der Waals surface area contributed by atoms with Gasteiger partial charge in [0.05, 0.1) is 43.7 Å². The van der Waals surface area contributed by atoms with E-state index in [1.54, 1.807) is 14.2 Å². The number of rotatable bonds is 3. The van der Waals surface area contributed by atoms with Crippen LogP contribution < -0.4 is 15.3 Å². The molecular weight excluding hydrogens is 384 g/mol. The van der Waals surface area contributed by atoms with Crippen LogP contribution in [0.15, 0.2) is 23.2 Å². The van der Waals surface area contributed by atoms with E-state index >= 15 is 0 Å². The largest absolute Gasteiger partial charge is 0.497 e. The maximum absolute atomic E-state index is 12.7. The van der Waals surface area contributed by atoms with Gasteiger partial charge in [0.2, 0.25) is 0 Å². The lowest BCUT2D eigenvalue weighted by Crippen LogP contribution is -2.61. The van der Waals surface area contributed by atoms with E-state index in [-0.39, 0.29) is 29.9 Å². The fourth-order valence-electron chi connectivity index (χ4n) is 6.41. The Morgan fingerprint density at radius 3 is 2.80 bits per heavy atom. The molecule has 0 spiro atoms. The molecule has 1 aliphatic carbocycles. The molecule has 0 amide bonds. The van der Waals surface area contributed by atoms with Crippen LogP contribution in [0.5, 0.6) is 5.75 Å². The fraction of sp³-hybridized carbons (Fsp3) is 0.652. The predicted molar refractivity (Wildman–Crippen MR) is 109 cm³/mol. The molecule has 0 aromatic heterocycles. The Kier molecular flexibility index (Phi) is 5.08. The first-order chi connectivity index (χ1) is 14.5. The van der Waals surface area contributed by atoms with Crippen molar-refractivity contribution in [3.05, 3.63) is 28.8 Å². The Labute approximate surface area is 176 Å². The Hall–Kier alpha value is -1.96. The highest BCUT2D eigenvalue weighted by atomic mass is 16.5. The van der Waals surface area contributed by atoms with E-state index in [1.807, 2.05) is 12.1 Å². The first-order valence-corrected chi connectivity index (χ1v) is 10.8. The highest BCUT2D eigenvalue weighted by Crippen LogP contribution is 2.46. The lowest BCUT2D eigenvalue weighted by atomic mass is 9.63. The van der Waals surface area contributed by atoms with Gasteiger partial charge in [-0.25, -0.2) is 0 Å². The van der Waals surface area contributed by atoms with Crippen LogP contribution in [0.4, 0.5) is 0 Å². The molecule has 30 heavy (non-hydrogen) atoms. The number of aliphatic hydroxyl groups is 1. The molecule has 1 saturated carbocycles. The minimum atomic E-state index is -0.642. The molecule has 1 aromatic carbocycles. The maximum Gasteiger partial charge on any atom is 0.311 e. The molecule has 1 N–H and O–H groups in total. The molecule has 7 unspecified atom stereocenters. The summed E-state index contributed by atoms with van der Waals surface area (Å²) < 4.78 is 16.1. The molecule has 7 nitrogen and oxygen atoms in total. The van der Waals surface area contributed by atoms with E-state index in [4.69, 9.17) is 19.2 Å². The van der Waals surface area contributed by atoms with E-state index in [0.717, 1.165) is 37.0 Å². The number of ether oxygens (including phenoxy) is 3. The fourth-order valence-corrected chi connectivity index (χ4v) is 6.41. The van der Waals surface area contributed by atoms with Crippen molar-refractivity contribution in [2.75, 3.05) is 34.4 Å². The average Bonchev–Trinajstić information content (AvgIpc) is 3.14. The summed E-state index contributed by atoms with van der Waals surface area (Å²) in [7, 11) is 4.67. The van der Waals surface area contributed by atoms with E-state index in [9.17, 15) is 9.90 Å². The predicted octanol–water partition coefficient (Wildman–Crippen LogP) is 0.127. The van der Waals surface area contributed by atoms with Gasteiger partial charge in [0.1, 0.15) is 5.75 Å². The molecule has 4 aliphatic rings. The van der Waals surface area contributed by atoms with Crippen molar-refractivity contribution >= 4 is 11.5 Å². The van der Waals surface area contributed by atoms with Crippen LogP contribution in [0.3, 0.4) is 0 Å². The van der Waals surface area contributed by atoms with E-state index < -0.39 is 18.1 Å². The summed E-state index contributed by atoms with van der Waals surface area (Å²) in [6, 6.07) is 6.53. The number of methoxy groups -OCH3 is 3. The zero-order chi connectivity index (χ0) is 21.0. The Balaban J connectivity index is 1.49. The second-order valence-electron chi connectivity index (χ2n) is 9.01. The topological polar surface area (TPSA) is 80.6 Å². The van der Waals surface area contributed by atoms with Crippen molar-refractivity contribution < 1.29 is 24.1 Å². The average molecular weight is 415 g/mol. The smallest absolute Gasteiger partial charge is 0.311 e. The summed E-state index contributed by atoms with van der Waals surface area (Å²) in [6.45, 7) is 1.88. The first-order valence-electron chi connectivity index (χ1n) is 10.8. The lowest BCUT2D eigenvalue weighted by molar-refractivity contribution is -0.175. The number of nitrogens with zero attached hydrogens (tertiary/aromatic N) is 2. The zero-order valence-corrected chi connectivity index (χ0v) is 17.8. The molecule has 0 radical (unpaired) electrons. The van der Waals surface area contributed by atoms with Crippen LogP contribution in [0, 0.1) is 17.8 Å². The molecule has 5 rings (SSSR count). The number of benzene rings is 1. The van der Waals surface area contributed by atoms with Crippen LogP contribution in [0.25, 0.3) is 5.57 Å². The number of fused-ring (bicyclic) bond motifs is 5. The van der Waals surface area contributed by atoms with Gasteiger partial charge in [-0.3, -0.25) is 14.7 Å². The summed E-state index contributed by atoms with van der Waals surface area (Å²) in [4.78, 5) is 20.3. The molecule has 2 saturated heterocycles. The summed E-state index contributed by atoms with van der Waals surface area (Å²) in [5, 5.41) is 12.9. The molecular formula is C23H30N2O5. The van der Waals surface area contributed by atoms with Gasteiger partial charge in [-0.2, -0.15) is 0 Å². The molecule has 7 heteroatoms. The minimum absolute atomic E-state index is 0.118. The van der Waals surface area contributed by atoms with Gasteiger partial charge in [0.25, 0.3) is 0 Å². The monoisotopic (exact) mass is 414 g/mol. The number of aliphatic hydroxyl groups excluding tert-OH is 1. The molecule has 3 heterocycles. The van der Waals surface area contributed by atoms with Gasteiger partial charge in [-0.1, -0.05) is 0 Å². The summed E-state index contributed by atoms with van der Waals surface area (Å²) in [5.74, 6) is 0.495. The SMILES string of the molecule is COC(=O)C1C2CC3C4N=c5cc(OC)ccc5=C4CCN3CC2CC(O)C1OC. The van der Waals surface area contributed by atoms with Gasteiger partial charge < -0.3 is 19.3 Å². The number of carbonyl (C=O) groups excluding carboxylic acids is 1. The summed E-state index contributed by atoms with van der Waals surface area (Å²) in [5.41, 5.74) is 1.40. The van der Waals surface area contributed by atoms with Crippen molar-refractivity contribution in [3.8, 4) is 5.75 Å². The van der Waals surface area contributed by atoms with Crippen LogP contribution in [-0.2, 0) is 14.3 Å². The van der Waals surface area contributed by atoms with Gasteiger partial charge >= 0.3 is 5.97 Å². The molecule has 3 fully saturated rings. The van der Waals surface area contributed by atoms with Crippen molar-refractivity contribution in [2.24, 2.45) is 22.7 Å². The van der Waals surface area contributed by atoms with Gasteiger partial charge in [0, 0.05) is 37.5 Å². The van der Waals surface area contributed by atoms with E-state index in [1.165, 1.54) is 17.9 Å². The van der Waals surface area contributed by atoms with Crippen LogP contribution in [-0.4, -0.2) is 74.7 Å². The normalized spacial score (nSPS) is 37.3. The molecule has 0 bridgehead atoms. The summed E-state index contributed by atoms with van der Waals surface area (Å²) in [6.07, 6.45) is 1.37. The third kappa shape index (κ3) is 2.98. The van der Waals surface area contributed by atoms with E-state index in [2.05, 4.69) is 11.0 Å². The van der Waals surface area contributed by atoms with Gasteiger partial charge in [-0.05, 0) is 48.8 Å². The third-order valence-electron chi connectivity index (χ3n) is 7.76. The number of esters is 1. The van der Waals surface area contributed by atoms with Gasteiger partial charge in [0.15, 0.2) is 0 Å². The number of hydrogen-bond donors (Lipinski definition) is 1. The lowest BCUT2D eigenvalue weighted by Gasteiger charge is -2.54. The quantitative estimate of drug-likeness (QED) is 0.708. The second-order valence-corrected chi connectivity index (χ2v) is 9.01. The van der Waals surface area contributed by atoms with Crippen LogP contribution in [0.2, 0.25) is 0 Å². The van der Waals surface area contributed by atoms with Crippen LogP contribution >= 0.6 is 0 Å². The highest BCUT2D eigenvalue weighted by Gasteiger charge is 2.54. The van der Waals surface area contributed by atoms with E-state index in [0.29, 0.717) is 6.42 Å². The Bertz CT molecular complexity index is 963. The van der Waals surface area contributed by atoms with Crippen molar-refractivity contribution in [2.45, 2.75) is 43.6 Å². The Morgan fingerprint density at radius 1 is 1.23 bits per heavy atom. The first kappa shape index (κ1) is 20.0. The molecule has 162 valence electrons. The zero-order valence-electron chi connectivity index (χ0n) is 17.8. The standard InChI is InChI=1S/C23H30N2O5/c1-28-13-4-5-14-15-6-7-25-11-12-8-19(26)22(29-2)20(23(27)30-3)16(12)10-18(25)21(15)24-17(14)9-13/h4-5,9,12,16,18-22,26H,6-8,10-11H2,1-3H3. The maximum atomic E-state index is 12.7. The number of carbonyl (C=O) groups is 1. The second kappa shape index (κ2) is 7.62. The minimum Gasteiger partial charge on any atom is -0.497 e. The molecule has 7 atom stereocenters. The molecule has 1 aromatic rings. The number of piperidine rings is 2. The number of hydrogen-bond acceptors (Lipinski definition) is 7. The third-order valence-corrected chi connectivity index (χ3v) is 7.76. The summed E-state index contributed by atoms with van der Waals surface area (Å²) >= 11 is 0. The highest BCUT2D eigenvalue weighted by molar-refractivity contribution is 5.74.